The van der Waals surface area contributed by atoms with Crippen molar-refractivity contribution in [3.05, 3.63) is 0 Å². The summed E-state index contributed by atoms with van der Waals surface area (Å²) in [7, 11) is 0. The molecule has 0 aromatic heterocycles. The molecule has 1 unspecified atom stereocenters. The lowest BCUT2D eigenvalue weighted by Gasteiger charge is -2.35. The van der Waals surface area contributed by atoms with Crippen molar-refractivity contribution in [2.45, 2.75) is 59.5 Å². The largest absolute Gasteiger partial charge is 0.409 e. The van der Waals surface area contributed by atoms with Crippen LogP contribution in [0.5, 0.6) is 0 Å². The van der Waals surface area contributed by atoms with Crippen LogP contribution in [0, 0.1) is 5.92 Å². The van der Waals surface area contributed by atoms with Gasteiger partial charge in [-0.3, -0.25) is 4.90 Å². The summed E-state index contributed by atoms with van der Waals surface area (Å²) in [5, 5.41) is 11.7. The number of nitrogens with zero attached hydrogens (tertiary/aromatic N) is 2. The van der Waals surface area contributed by atoms with Crippen LogP contribution in [0.4, 0.5) is 0 Å². The molecule has 0 aliphatic carbocycles. The van der Waals surface area contributed by atoms with Crippen molar-refractivity contribution in [1.82, 2.24) is 4.90 Å². The van der Waals surface area contributed by atoms with Crippen LogP contribution in [0.1, 0.15) is 47.5 Å². The maximum atomic E-state index is 8.63. The van der Waals surface area contributed by atoms with Crippen LogP contribution in [-0.4, -0.2) is 34.6 Å². The first-order valence-electron chi connectivity index (χ1n) is 6.14. The van der Waals surface area contributed by atoms with E-state index in [2.05, 4.69) is 44.7 Å². The molecule has 4 nitrogen and oxygen atoms in total. The molecule has 1 atom stereocenters. The Bertz CT molecular complexity index is 214. The van der Waals surface area contributed by atoms with Crippen LogP contribution in [0.2, 0.25) is 0 Å². The van der Waals surface area contributed by atoms with E-state index in [-0.39, 0.29) is 0 Å². The summed E-state index contributed by atoms with van der Waals surface area (Å²) < 4.78 is 0. The Morgan fingerprint density at radius 3 is 2.19 bits per heavy atom. The van der Waals surface area contributed by atoms with E-state index in [1.165, 1.54) is 0 Å². The molecular weight excluding hydrogens is 202 g/mol. The van der Waals surface area contributed by atoms with Crippen LogP contribution in [-0.2, 0) is 0 Å². The van der Waals surface area contributed by atoms with Crippen molar-refractivity contribution in [2.75, 3.05) is 6.54 Å². The summed E-state index contributed by atoms with van der Waals surface area (Å²) in [5.41, 5.74) is 5.59. The van der Waals surface area contributed by atoms with Crippen molar-refractivity contribution in [2.24, 2.45) is 16.8 Å². The molecule has 96 valence electrons. The molecule has 0 amide bonds. The predicted octanol–water partition coefficient (Wildman–Crippen LogP) is 2.27. The first-order valence-corrected chi connectivity index (χ1v) is 6.14. The van der Waals surface area contributed by atoms with Gasteiger partial charge in [0.1, 0.15) is 5.84 Å². The average Bonchev–Trinajstić information content (AvgIpc) is 2.21. The molecule has 0 saturated carbocycles. The molecule has 4 heteroatoms. The van der Waals surface area contributed by atoms with Crippen LogP contribution in [0.15, 0.2) is 5.16 Å². The summed E-state index contributed by atoms with van der Waals surface area (Å²) in [6, 6.07) is 0.845. The Balaban J connectivity index is 4.57. The molecule has 0 saturated heterocycles. The number of hydrogen-bond acceptors (Lipinski definition) is 3. The zero-order valence-electron chi connectivity index (χ0n) is 11.3. The minimum absolute atomic E-state index is 0.321. The van der Waals surface area contributed by atoms with E-state index in [1.807, 2.05) is 0 Å². The van der Waals surface area contributed by atoms with Gasteiger partial charge in [0.2, 0.25) is 0 Å². The molecule has 0 heterocycles. The summed E-state index contributed by atoms with van der Waals surface area (Å²) in [5.74, 6) is 0.949. The third kappa shape index (κ3) is 5.35. The van der Waals surface area contributed by atoms with E-state index in [0.29, 0.717) is 30.3 Å². The van der Waals surface area contributed by atoms with Gasteiger partial charge in [0.15, 0.2) is 0 Å². The van der Waals surface area contributed by atoms with Crippen molar-refractivity contribution < 1.29 is 5.21 Å². The molecule has 3 N–H and O–H groups in total. The van der Waals surface area contributed by atoms with Gasteiger partial charge in [-0.1, -0.05) is 25.9 Å². The molecule has 0 aliphatic rings. The highest BCUT2D eigenvalue weighted by Gasteiger charge is 2.21. The Kier molecular flexibility index (Phi) is 7.13. The monoisotopic (exact) mass is 229 g/mol. The Morgan fingerprint density at radius 1 is 1.31 bits per heavy atom. The Labute approximate surface area is 99.5 Å². The SMILES string of the molecule is CCC(CC(N)=NO)N(CC(C)C)C(C)C. The maximum Gasteiger partial charge on any atom is 0.140 e. The van der Waals surface area contributed by atoms with Gasteiger partial charge in [0.05, 0.1) is 0 Å². The lowest BCUT2D eigenvalue weighted by atomic mass is 10.0. The second-order valence-electron chi connectivity index (χ2n) is 5.04. The van der Waals surface area contributed by atoms with Crippen molar-refractivity contribution in [3.63, 3.8) is 0 Å². The fourth-order valence-corrected chi connectivity index (χ4v) is 1.98. The fourth-order valence-electron chi connectivity index (χ4n) is 1.98. The van der Waals surface area contributed by atoms with E-state index in [0.717, 1.165) is 13.0 Å². The van der Waals surface area contributed by atoms with Crippen molar-refractivity contribution >= 4 is 5.84 Å². The third-order valence-corrected chi connectivity index (χ3v) is 2.75. The number of hydrogen-bond donors (Lipinski definition) is 2. The van der Waals surface area contributed by atoms with Gasteiger partial charge in [-0.15, -0.1) is 0 Å². The lowest BCUT2D eigenvalue weighted by molar-refractivity contribution is 0.133. The van der Waals surface area contributed by atoms with E-state index in [9.17, 15) is 0 Å². The molecule has 0 aliphatic heterocycles. The third-order valence-electron chi connectivity index (χ3n) is 2.75. The van der Waals surface area contributed by atoms with E-state index < -0.39 is 0 Å². The van der Waals surface area contributed by atoms with Crippen molar-refractivity contribution in [3.8, 4) is 0 Å². The molecule has 0 radical (unpaired) electrons. The van der Waals surface area contributed by atoms with Crippen LogP contribution >= 0.6 is 0 Å². The molecule has 0 aromatic rings. The van der Waals surface area contributed by atoms with E-state index in [4.69, 9.17) is 10.9 Å². The summed E-state index contributed by atoms with van der Waals surface area (Å²) in [4.78, 5) is 2.43. The molecule has 0 rings (SSSR count). The fraction of sp³-hybridized carbons (Fsp3) is 0.917. The second kappa shape index (κ2) is 7.49. The number of rotatable bonds is 7. The van der Waals surface area contributed by atoms with Gasteiger partial charge < -0.3 is 10.9 Å². The minimum Gasteiger partial charge on any atom is -0.409 e. The Hall–Kier alpha value is -0.770. The molecule has 16 heavy (non-hydrogen) atoms. The first kappa shape index (κ1) is 15.2. The van der Waals surface area contributed by atoms with Crippen molar-refractivity contribution in [1.29, 1.82) is 0 Å². The highest BCUT2D eigenvalue weighted by atomic mass is 16.4. The second-order valence-corrected chi connectivity index (χ2v) is 5.04. The predicted molar refractivity (Wildman–Crippen MR) is 68.8 cm³/mol. The number of oxime groups is 1. The Morgan fingerprint density at radius 2 is 1.88 bits per heavy atom. The van der Waals surface area contributed by atoms with E-state index in [1.54, 1.807) is 0 Å². The number of amidine groups is 1. The van der Waals surface area contributed by atoms with Gasteiger partial charge in [0, 0.05) is 25.0 Å². The van der Waals surface area contributed by atoms with Gasteiger partial charge >= 0.3 is 0 Å². The zero-order valence-corrected chi connectivity index (χ0v) is 11.3. The smallest absolute Gasteiger partial charge is 0.140 e. The van der Waals surface area contributed by atoms with Gasteiger partial charge in [-0.25, -0.2) is 0 Å². The van der Waals surface area contributed by atoms with Gasteiger partial charge in [-0.2, -0.15) is 0 Å². The summed E-state index contributed by atoms with van der Waals surface area (Å²) in [6.07, 6.45) is 1.65. The standard InChI is InChI=1S/C12H27N3O/c1-6-11(7-12(13)14-16)15(10(4)5)8-9(2)3/h9-11,16H,6-8H2,1-5H3,(H2,13,14). The van der Waals surface area contributed by atoms with Gasteiger partial charge in [-0.05, 0) is 26.2 Å². The highest BCUT2D eigenvalue weighted by Crippen LogP contribution is 2.15. The quantitative estimate of drug-likeness (QED) is 0.305. The van der Waals surface area contributed by atoms with Crippen LogP contribution < -0.4 is 5.73 Å². The molecule has 0 spiro atoms. The average molecular weight is 229 g/mol. The highest BCUT2D eigenvalue weighted by molar-refractivity contribution is 5.80. The zero-order chi connectivity index (χ0) is 12.7. The normalized spacial score (nSPS) is 15.1. The van der Waals surface area contributed by atoms with Crippen LogP contribution in [0.25, 0.3) is 0 Å². The van der Waals surface area contributed by atoms with Gasteiger partial charge in [0.25, 0.3) is 0 Å². The topological polar surface area (TPSA) is 61.9 Å². The maximum absolute atomic E-state index is 8.63. The summed E-state index contributed by atoms with van der Waals surface area (Å²) in [6.45, 7) is 12.0. The minimum atomic E-state index is 0.321. The molecule has 0 bridgehead atoms. The molecule has 0 fully saturated rings. The summed E-state index contributed by atoms with van der Waals surface area (Å²) >= 11 is 0. The van der Waals surface area contributed by atoms with Crippen LogP contribution in [0.3, 0.4) is 0 Å². The number of nitrogens with two attached hydrogens (primary N) is 1. The molecular formula is C12H27N3O. The molecule has 0 aromatic carbocycles. The lowest BCUT2D eigenvalue weighted by Crippen LogP contribution is -2.44. The first-order chi connectivity index (χ1) is 7.42. The van der Waals surface area contributed by atoms with E-state index >= 15 is 0 Å².